The van der Waals surface area contributed by atoms with Crippen LogP contribution in [0, 0.1) is 0 Å². The van der Waals surface area contributed by atoms with Crippen LogP contribution in [0.15, 0.2) is 53.7 Å². The van der Waals surface area contributed by atoms with Crippen molar-refractivity contribution in [2.24, 2.45) is 0 Å². The van der Waals surface area contributed by atoms with Gasteiger partial charge in [-0.2, -0.15) is 11.3 Å². The second-order valence-electron chi connectivity index (χ2n) is 5.87. The van der Waals surface area contributed by atoms with Crippen molar-refractivity contribution >= 4 is 34.7 Å². The van der Waals surface area contributed by atoms with Crippen LogP contribution in [-0.4, -0.2) is 53.7 Å². The van der Waals surface area contributed by atoms with Crippen molar-refractivity contribution < 1.29 is 14.4 Å². The quantitative estimate of drug-likeness (QED) is 0.842. The number of piperazine rings is 1. The number of carbonyl (C=O) groups excluding carboxylic acids is 3. The molecule has 0 atom stereocenters. The van der Waals surface area contributed by atoms with Crippen LogP contribution in [-0.2, 0) is 4.79 Å². The van der Waals surface area contributed by atoms with Crippen LogP contribution >= 0.6 is 11.3 Å². The molecule has 134 valence electrons. The second kappa shape index (κ2) is 7.97. The molecule has 1 aromatic carbocycles. The summed E-state index contributed by atoms with van der Waals surface area (Å²) in [6.45, 7) is 5.39. The molecule has 6 nitrogen and oxygen atoms in total. The number of nitrogens with zero attached hydrogens (tertiary/aromatic N) is 2. The molecule has 2 aromatic rings. The van der Waals surface area contributed by atoms with E-state index in [2.05, 4.69) is 11.9 Å². The maximum Gasteiger partial charge on any atom is 0.254 e. The normalized spacial score (nSPS) is 14.0. The molecule has 7 heteroatoms. The summed E-state index contributed by atoms with van der Waals surface area (Å²) in [5, 5.41) is 6.36. The second-order valence-corrected chi connectivity index (χ2v) is 6.65. The molecule has 1 fully saturated rings. The predicted molar refractivity (Wildman–Crippen MR) is 101 cm³/mol. The van der Waals surface area contributed by atoms with Gasteiger partial charge in [0.1, 0.15) is 0 Å². The Morgan fingerprint density at radius 3 is 2.23 bits per heavy atom. The molecule has 0 spiro atoms. The zero-order valence-electron chi connectivity index (χ0n) is 14.2. The first-order valence-corrected chi connectivity index (χ1v) is 9.17. The molecule has 2 heterocycles. The molecule has 0 aliphatic carbocycles. The molecule has 0 saturated carbocycles. The minimum absolute atomic E-state index is 0.00693. The van der Waals surface area contributed by atoms with Crippen molar-refractivity contribution in [1.29, 1.82) is 0 Å². The number of amides is 3. The van der Waals surface area contributed by atoms with Gasteiger partial charge in [-0.05, 0) is 35.7 Å². The Hall–Kier alpha value is -2.93. The fraction of sp³-hybridized carbons (Fsp3) is 0.211. The molecule has 1 N–H and O–H groups in total. The van der Waals surface area contributed by atoms with Crippen molar-refractivity contribution in [1.82, 2.24) is 9.80 Å². The van der Waals surface area contributed by atoms with E-state index in [1.807, 2.05) is 16.8 Å². The maximum atomic E-state index is 12.7. The highest BCUT2D eigenvalue weighted by Gasteiger charge is 2.25. The van der Waals surface area contributed by atoms with Crippen LogP contribution in [0.1, 0.15) is 20.7 Å². The number of anilines is 1. The van der Waals surface area contributed by atoms with Crippen molar-refractivity contribution in [2.75, 3.05) is 31.5 Å². The first kappa shape index (κ1) is 17.9. The lowest BCUT2D eigenvalue weighted by molar-refractivity contribution is -0.111. The SMILES string of the molecule is C=CC(=O)Nc1cccc(C(=O)N2CCN(C(=O)c3ccsc3)CC2)c1. The molecule has 1 aromatic heterocycles. The van der Waals surface area contributed by atoms with Gasteiger partial charge in [-0.3, -0.25) is 14.4 Å². The van der Waals surface area contributed by atoms with Gasteiger partial charge >= 0.3 is 0 Å². The number of hydrogen-bond donors (Lipinski definition) is 1. The highest BCUT2D eigenvalue weighted by atomic mass is 32.1. The standard InChI is InChI=1S/C19H19N3O3S/c1-2-17(23)20-16-5-3-4-14(12-16)18(24)21-7-9-22(10-8-21)19(25)15-6-11-26-13-15/h2-6,11-13H,1,7-10H2,(H,20,23). The number of benzene rings is 1. The van der Waals surface area contributed by atoms with E-state index in [9.17, 15) is 14.4 Å². The van der Waals surface area contributed by atoms with Gasteiger partial charge in [0.05, 0.1) is 5.56 Å². The zero-order chi connectivity index (χ0) is 18.5. The molecule has 1 saturated heterocycles. The third kappa shape index (κ3) is 4.00. The van der Waals surface area contributed by atoms with Gasteiger partial charge in [-0.1, -0.05) is 12.6 Å². The Bertz CT molecular complexity index is 824. The van der Waals surface area contributed by atoms with Gasteiger partial charge in [0.15, 0.2) is 0 Å². The van der Waals surface area contributed by atoms with Crippen LogP contribution in [0.4, 0.5) is 5.69 Å². The number of rotatable bonds is 4. The average Bonchev–Trinajstić information content (AvgIpc) is 3.22. The first-order chi connectivity index (χ1) is 12.6. The Labute approximate surface area is 155 Å². The van der Waals surface area contributed by atoms with Gasteiger partial charge < -0.3 is 15.1 Å². The Balaban J connectivity index is 1.61. The molecule has 0 unspecified atom stereocenters. The van der Waals surface area contributed by atoms with Crippen LogP contribution in [0.25, 0.3) is 0 Å². The van der Waals surface area contributed by atoms with Gasteiger partial charge in [0.25, 0.3) is 11.8 Å². The van der Waals surface area contributed by atoms with Crippen molar-refractivity contribution in [2.45, 2.75) is 0 Å². The number of carbonyl (C=O) groups is 3. The summed E-state index contributed by atoms with van der Waals surface area (Å²) in [5.74, 6) is -0.426. The van der Waals surface area contributed by atoms with E-state index >= 15 is 0 Å². The fourth-order valence-electron chi connectivity index (χ4n) is 2.79. The lowest BCUT2D eigenvalue weighted by atomic mass is 10.1. The minimum Gasteiger partial charge on any atom is -0.335 e. The smallest absolute Gasteiger partial charge is 0.254 e. The number of hydrogen-bond acceptors (Lipinski definition) is 4. The summed E-state index contributed by atoms with van der Waals surface area (Å²) in [4.78, 5) is 40.0. The molecular weight excluding hydrogens is 350 g/mol. The van der Waals surface area contributed by atoms with E-state index in [4.69, 9.17) is 0 Å². The molecule has 3 amide bonds. The lowest BCUT2D eigenvalue weighted by Gasteiger charge is -2.34. The van der Waals surface area contributed by atoms with E-state index in [0.717, 1.165) is 0 Å². The van der Waals surface area contributed by atoms with Crippen LogP contribution in [0.2, 0.25) is 0 Å². The summed E-state index contributed by atoms with van der Waals surface area (Å²) < 4.78 is 0. The number of nitrogens with one attached hydrogen (secondary N) is 1. The Kier molecular flexibility index (Phi) is 5.48. The van der Waals surface area contributed by atoms with E-state index < -0.39 is 0 Å². The van der Waals surface area contributed by atoms with Gasteiger partial charge in [-0.25, -0.2) is 0 Å². The highest BCUT2D eigenvalue weighted by Crippen LogP contribution is 2.16. The largest absolute Gasteiger partial charge is 0.335 e. The molecule has 0 bridgehead atoms. The van der Waals surface area contributed by atoms with Crippen molar-refractivity contribution in [3.8, 4) is 0 Å². The van der Waals surface area contributed by atoms with Gasteiger partial charge in [0, 0.05) is 42.8 Å². The number of thiophene rings is 1. The Morgan fingerprint density at radius 1 is 1.00 bits per heavy atom. The predicted octanol–water partition coefficient (Wildman–Crippen LogP) is 2.47. The van der Waals surface area contributed by atoms with E-state index in [0.29, 0.717) is 43.0 Å². The van der Waals surface area contributed by atoms with Gasteiger partial charge in [0.2, 0.25) is 5.91 Å². The molecular formula is C19H19N3O3S. The summed E-state index contributed by atoms with van der Waals surface area (Å²) in [5.41, 5.74) is 1.75. The molecule has 1 aliphatic rings. The molecule has 1 aliphatic heterocycles. The lowest BCUT2D eigenvalue weighted by Crippen LogP contribution is -2.50. The van der Waals surface area contributed by atoms with E-state index in [1.165, 1.54) is 17.4 Å². The summed E-state index contributed by atoms with van der Waals surface area (Å²) >= 11 is 1.49. The fourth-order valence-corrected chi connectivity index (χ4v) is 3.42. The van der Waals surface area contributed by atoms with Crippen molar-refractivity contribution in [3.63, 3.8) is 0 Å². The average molecular weight is 369 g/mol. The van der Waals surface area contributed by atoms with Crippen LogP contribution in [0.3, 0.4) is 0 Å². The van der Waals surface area contributed by atoms with E-state index in [1.54, 1.807) is 34.1 Å². The monoisotopic (exact) mass is 369 g/mol. The molecule has 26 heavy (non-hydrogen) atoms. The summed E-state index contributed by atoms with van der Waals surface area (Å²) in [7, 11) is 0. The van der Waals surface area contributed by atoms with Crippen LogP contribution < -0.4 is 5.32 Å². The Morgan fingerprint density at radius 2 is 1.65 bits per heavy atom. The summed E-state index contributed by atoms with van der Waals surface area (Å²) in [6, 6.07) is 8.62. The van der Waals surface area contributed by atoms with Crippen LogP contribution in [0.5, 0.6) is 0 Å². The summed E-state index contributed by atoms with van der Waals surface area (Å²) in [6.07, 6.45) is 1.18. The molecule has 3 rings (SSSR count). The van der Waals surface area contributed by atoms with Gasteiger partial charge in [-0.15, -0.1) is 0 Å². The van der Waals surface area contributed by atoms with E-state index in [-0.39, 0.29) is 17.7 Å². The maximum absolute atomic E-state index is 12.7. The zero-order valence-corrected chi connectivity index (χ0v) is 15.0. The highest BCUT2D eigenvalue weighted by molar-refractivity contribution is 7.08. The van der Waals surface area contributed by atoms with Crippen molar-refractivity contribution in [3.05, 3.63) is 64.9 Å². The molecule has 0 radical (unpaired) electrons. The third-order valence-electron chi connectivity index (χ3n) is 4.18. The minimum atomic E-state index is -0.324. The topological polar surface area (TPSA) is 69.7 Å². The first-order valence-electron chi connectivity index (χ1n) is 8.22. The third-order valence-corrected chi connectivity index (χ3v) is 4.87.